The van der Waals surface area contributed by atoms with Gasteiger partial charge < -0.3 is 10.0 Å². The van der Waals surface area contributed by atoms with Crippen molar-refractivity contribution < 1.29 is 14.8 Å². The lowest BCUT2D eigenvalue weighted by Gasteiger charge is -2.25. The minimum atomic E-state index is -1.05. The Balaban J connectivity index is 2.36. The number of anilines is 1. The minimum absolute atomic E-state index is 0.0623. The van der Waals surface area contributed by atoms with Crippen LogP contribution in [0.1, 0.15) is 10.9 Å². The number of hydrogen-bond acceptors (Lipinski definition) is 5. The number of carboxylic acid groups (broad SMARTS) is 1. The summed E-state index contributed by atoms with van der Waals surface area (Å²) in [5.74, 6) is -1.05. The number of thiophene rings is 1. The number of carboxylic acids is 1. The summed E-state index contributed by atoms with van der Waals surface area (Å²) in [6.07, 6.45) is 0. The van der Waals surface area contributed by atoms with Gasteiger partial charge in [-0.05, 0) is 18.2 Å². The van der Waals surface area contributed by atoms with Gasteiger partial charge in [-0.2, -0.15) is 0 Å². The van der Waals surface area contributed by atoms with Crippen LogP contribution in [0.4, 0.5) is 10.7 Å². The van der Waals surface area contributed by atoms with E-state index in [9.17, 15) is 20.0 Å². The zero-order valence-electron chi connectivity index (χ0n) is 10.6. The van der Waals surface area contributed by atoms with Gasteiger partial charge in [0.2, 0.25) is 0 Å². The fourth-order valence-electron chi connectivity index (χ4n) is 1.88. The maximum Gasteiger partial charge on any atom is 0.331 e. The van der Waals surface area contributed by atoms with Crippen molar-refractivity contribution in [3.63, 3.8) is 0 Å². The first kappa shape index (κ1) is 14.0. The Hall–Kier alpha value is -2.41. The predicted molar refractivity (Wildman–Crippen MR) is 76.2 cm³/mol. The van der Waals surface area contributed by atoms with Gasteiger partial charge in [0.05, 0.1) is 4.92 Å². The van der Waals surface area contributed by atoms with Crippen LogP contribution in [0, 0.1) is 10.1 Å². The highest BCUT2D eigenvalue weighted by Crippen LogP contribution is 2.33. The molecule has 0 spiro atoms. The van der Waals surface area contributed by atoms with Crippen LogP contribution in [0.3, 0.4) is 0 Å². The van der Waals surface area contributed by atoms with Crippen LogP contribution in [0.25, 0.3) is 0 Å². The van der Waals surface area contributed by atoms with Crippen LogP contribution >= 0.6 is 11.3 Å². The second kappa shape index (κ2) is 5.70. The van der Waals surface area contributed by atoms with E-state index in [0.29, 0.717) is 4.88 Å². The topological polar surface area (TPSA) is 83.7 Å². The molecule has 1 atom stereocenters. The van der Waals surface area contributed by atoms with Gasteiger partial charge in [0.15, 0.2) is 6.04 Å². The highest BCUT2D eigenvalue weighted by molar-refractivity contribution is 7.15. The third-order valence-corrected chi connectivity index (χ3v) is 3.94. The van der Waals surface area contributed by atoms with E-state index in [4.69, 9.17) is 0 Å². The maximum absolute atomic E-state index is 11.5. The molecule has 0 aliphatic heterocycles. The largest absolute Gasteiger partial charge is 0.479 e. The van der Waals surface area contributed by atoms with E-state index in [1.807, 2.05) is 18.2 Å². The molecule has 0 amide bonds. The second-order valence-corrected chi connectivity index (χ2v) is 5.21. The standard InChI is InChI=1S/C13H12N2O4S/c1-14(9-5-3-2-4-6-9)12(13(16)17)10-7-8-11(20-10)15(18)19/h2-8,12H,1H3,(H,16,17). The molecule has 0 radical (unpaired) electrons. The highest BCUT2D eigenvalue weighted by atomic mass is 32.1. The van der Waals surface area contributed by atoms with Gasteiger partial charge in [-0.3, -0.25) is 10.1 Å². The van der Waals surface area contributed by atoms with Crippen molar-refractivity contribution in [1.29, 1.82) is 0 Å². The SMILES string of the molecule is CN(c1ccccc1)C(C(=O)O)c1ccc([N+](=O)[O-])s1. The van der Waals surface area contributed by atoms with E-state index in [1.165, 1.54) is 12.1 Å². The van der Waals surface area contributed by atoms with E-state index in [1.54, 1.807) is 24.1 Å². The van der Waals surface area contributed by atoms with Gasteiger partial charge in [0.25, 0.3) is 0 Å². The first-order chi connectivity index (χ1) is 9.50. The Morgan fingerprint density at radius 1 is 1.30 bits per heavy atom. The van der Waals surface area contributed by atoms with Crippen molar-refractivity contribution in [2.24, 2.45) is 0 Å². The molecule has 0 bridgehead atoms. The summed E-state index contributed by atoms with van der Waals surface area (Å²) in [6.45, 7) is 0. The molecule has 1 unspecified atom stereocenters. The van der Waals surface area contributed by atoms with Gasteiger partial charge in [-0.1, -0.05) is 29.5 Å². The molecule has 7 heteroatoms. The third kappa shape index (κ3) is 2.77. The molecule has 0 saturated carbocycles. The number of aliphatic carboxylic acids is 1. The summed E-state index contributed by atoms with van der Waals surface area (Å²) in [6, 6.07) is 10.9. The molecule has 1 N–H and O–H groups in total. The molecule has 0 saturated heterocycles. The number of nitrogens with zero attached hydrogens (tertiary/aromatic N) is 2. The maximum atomic E-state index is 11.5. The van der Waals surface area contributed by atoms with Gasteiger partial charge in [-0.15, -0.1) is 0 Å². The number of para-hydroxylation sites is 1. The minimum Gasteiger partial charge on any atom is -0.479 e. The van der Waals surface area contributed by atoms with Crippen molar-refractivity contribution in [1.82, 2.24) is 0 Å². The Morgan fingerprint density at radius 3 is 2.45 bits per heavy atom. The number of likely N-dealkylation sites (N-methyl/N-ethyl adjacent to an activating group) is 1. The van der Waals surface area contributed by atoms with E-state index < -0.39 is 16.9 Å². The number of hydrogen-bond donors (Lipinski definition) is 1. The average Bonchev–Trinajstić information content (AvgIpc) is 2.89. The molecule has 0 aliphatic carbocycles. The van der Waals surface area contributed by atoms with E-state index in [-0.39, 0.29) is 5.00 Å². The van der Waals surface area contributed by atoms with Gasteiger partial charge in [0, 0.05) is 23.7 Å². The summed E-state index contributed by atoms with van der Waals surface area (Å²) in [7, 11) is 1.65. The Morgan fingerprint density at radius 2 is 1.95 bits per heavy atom. The van der Waals surface area contributed by atoms with Crippen molar-refractivity contribution in [3.05, 3.63) is 57.5 Å². The normalized spacial score (nSPS) is 11.8. The number of nitro groups is 1. The van der Waals surface area contributed by atoms with E-state index in [0.717, 1.165) is 17.0 Å². The fourth-order valence-corrected chi connectivity index (χ4v) is 2.84. The third-order valence-electron chi connectivity index (χ3n) is 2.85. The summed E-state index contributed by atoms with van der Waals surface area (Å²) in [5.41, 5.74) is 0.732. The lowest BCUT2D eigenvalue weighted by molar-refractivity contribution is -0.380. The summed E-state index contributed by atoms with van der Waals surface area (Å²) in [5, 5.41) is 20.0. The lowest BCUT2D eigenvalue weighted by atomic mass is 10.2. The Bertz CT molecular complexity index is 626. The van der Waals surface area contributed by atoms with Crippen molar-refractivity contribution in [3.8, 4) is 0 Å². The predicted octanol–water partition coefficient (Wildman–Crippen LogP) is 2.92. The molecular formula is C13H12N2O4S. The van der Waals surface area contributed by atoms with Crippen LogP contribution in [-0.2, 0) is 4.79 Å². The molecule has 1 heterocycles. The Kier molecular flexibility index (Phi) is 3.99. The van der Waals surface area contributed by atoms with E-state index in [2.05, 4.69) is 0 Å². The summed E-state index contributed by atoms with van der Waals surface area (Å²) >= 11 is 0.879. The second-order valence-electron chi connectivity index (χ2n) is 4.12. The molecule has 2 aromatic rings. The number of benzene rings is 1. The first-order valence-corrected chi connectivity index (χ1v) is 6.57. The number of carbonyl (C=O) groups is 1. The molecule has 1 aromatic carbocycles. The molecule has 6 nitrogen and oxygen atoms in total. The van der Waals surface area contributed by atoms with Crippen LogP contribution in [-0.4, -0.2) is 23.0 Å². The van der Waals surface area contributed by atoms with E-state index >= 15 is 0 Å². The monoisotopic (exact) mass is 292 g/mol. The van der Waals surface area contributed by atoms with Crippen molar-refractivity contribution >= 4 is 28.0 Å². The highest BCUT2D eigenvalue weighted by Gasteiger charge is 2.28. The quantitative estimate of drug-likeness (QED) is 0.676. The summed E-state index contributed by atoms with van der Waals surface area (Å²) < 4.78 is 0. The molecule has 2 rings (SSSR count). The van der Waals surface area contributed by atoms with Crippen molar-refractivity contribution in [2.45, 2.75) is 6.04 Å². The van der Waals surface area contributed by atoms with Crippen LogP contribution in [0.5, 0.6) is 0 Å². The zero-order chi connectivity index (χ0) is 14.7. The zero-order valence-corrected chi connectivity index (χ0v) is 11.4. The lowest BCUT2D eigenvalue weighted by Crippen LogP contribution is -2.30. The Labute approximate surface area is 119 Å². The van der Waals surface area contributed by atoms with Crippen LogP contribution in [0.2, 0.25) is 0 Å². The fraction of sp³-hybridized carbons (Fsp3) is 0.154. The molecule has 104 valence electrons. The molecule has 1 aromatic heterocycles. The first-order valence-electron chi connectivity index (χ1n) is 5.75. The molecule has 20 heavy (non-hydrogen) atoms. The van der Waals surface area contributed by atoms with Crippen molar-refractivity contribution in [2.75, 3.05) is 11.9 Å². The molecule has 0 fully saturated rings. The number of rotatable bonds is 5. The van der Waals surface area contributed by atoms with Gasteiger partial charge in [-0.25, -0.2) is 4.79 Å². The molecular weight excluding hydrogens is 280 g/mol. The van der Waals surface area contributed by atoms with Crippen LogP contribution < -0.4 is 4.90 Å². The smallest absolute Gasteiger partial charge is 0.331 e. The average molecular weight is 292 g/mol. The molecule has 0 aliphatic rings. The van der Waals surface area contributed by atoms with Gasteiger partial charge in [0.1, 0.15) is 0 Å². The van der Waals surface area contributed by atoms with Gasteiger partial charge >= 0.3 is 11.0 Å². The summed E-state index contributed by atoms with van der Waals surface area (Å²) in [4.78, 5) is 23.7. The van der Waals surface area contributed by atoms with Crippen LogP contribution in [0.15, 0.2) is 42.5 Å².